The van der Waals surface area contributed by atoms with Crippen LogP contribution in [0.4, 0.5) is 0 Å². The molecule has 0 bridgehead atoms. The first-order valence-electron chi connectivity index (χ1n) is 9.48. The largest absolute Gasteiger partial charge is 0.378 e. The molecule has 24 heavy (non-hydrogen) atoms. The summed E-state index contributed by atoms with van der Waals surface area (Å²) in [5.74, 6) is 6.46. The minimum atomic E-state index is -2.08. The summed E-state index contributed by atoms with van der Waals surface area (Å²) in [5, 5.41) is 21.4. The zero-order valence-electron chi connectivity index (χ0n) is 15.0. The molecule has 2 aliphatic rings. The Morgan fingerprint density at radius 1 is 0.833 bits per heavy atom. The van der Waals surface area contributed by atoms with Crippen molar-refractivity contribution in [2.24, 2.45) is 0 Å². The van der Waals surface area contributed by atoms with E-state index in [0.717, 1.165) is 68.3 Å². The van der Waals surface area contributed by atoms with Gasteiger partial charge in [-0.15, -0.1) is 11.1 Å². The highest BCUT2D eigenvalue weighted by atomic mass is 127. The van der Waals surface area contributed by atoms with Crippen LogP contribution >= 0.6 is 22.6 Å². The van der Waals surface area contributed by atoms with E-state index in [1.165, 1.54) is 12.8 Å². The molecular weight excluding hydrogens is 427 g/mol. The molecule has 0 radical (unpaired) electrons. The predicted octanol–water partition coefficient (Wildman–Crippen LogP) is 4.37. The summed E-state index contributed by atoms with van der Waals surface area (Å²) in [4.78, 5) is 0. The first kappa shape index (κ1) is 20.3. The van der Waals surface area contributed by atoms with Gasteiger partial charge in [0.05, 0.1) is 0 Å². The second-order valence-electron chi connectivity index (χ2n) is 7.81. The molecule has 0 atom stereocenters. The van der Waals surface area contributed by atoms with Crippen LogP contribution in [0.5, 0.6) is 0 Å². The Bertz CT molecular complexity index is 483. The van der Waals surface area contributed by atoms with Crippen LogP contribution < -0.4 is 0 Å². The molecule has 2 N–H and O–H groups in total. The third-order valence-corrected chi connectivity index (χ3v) is 8.78. The molecule has 2 fully saturated rings. The molecule has 0 heterocycles. The van der Waals surface area contributed by atoms with Crippen LogP contribution in [0.25, 0.3) is 0 Å². The van der Waals surface area contributed by atoms with Crippen LogP contribution in [-0.4, -0.2) is 33.9 Å². The molecule has 0 spiro atoms. The van der Waals surface area contributed by atoms with Gasteiger partial charge in [0, 0.05) is 0 Å². The summed E-state index contributed by atoms with van der Waals surface area (Å²) in [6.45, 7) is 2.21. The van der Waals surface area contributed by atoms with E-state index in [2.05, 4.69) is 52.1 Å². The van der Waals surface area contributed by atoms with Crippen molar-refractivity contribution in [1.29, 1.82) is 0 Å². The minimum Gasteiger partial charge on any atom is -0.378 e. The average molecular weight is 458 g/mol. The van der Waals surface area contributed by atoms with E-state index in [-0.39, 0.29) is 0 Å². The molecule has 2 aliphatic carbocycles. The standard InChI is InChI=1S/C20H31IO2Si/c1-24(16-8-15-21,17-13-19(22)9-4-2-5-10-19)18-14-20(23)11-6-3-7-12-20/h22-23H,2-12,15-16H2,1H3. The Hall–Kier alpha value is -0.0131. The molecule has 2 saturated carbocycles. The van der Waals surface area contributed by atoms with Crippen molar-refractivity contribution in [3.05, 3.63) is 0 Å². The number of hydrogen-bond acceptors (Lipinski definition) is 2. The van der Waals surface area contributed by atoms with Gasteiger partial charge in [-0.1, -0.05) is 47.3 Å². The molecule has 0 unspecified atom stereocenters. The highest BCUT2D eigenvalue weighted by molar-refractivity contribution is 14.1. The zero-order valence-corrected chi connectivity index (χ0v) is 18.1. The Morgan fingerprint density at radius 2 is 1.25 bits per heavy atom. The second-order valence-corrected chi connectivity index (χ2v) is 12.6. The maximum atomic E-state index is 10.7. The Morgan fingerprint density at radius 3 is 1.62 bits per heavy atom. The molecule has 0 aliphatic heterocycles. The Labute approximate surface area is 162 Å². The number of aliphatic hydroxyl groups is 2. The van der Waals surface area contributed by atoms with Gasteiger partial charge in [0.1, 0.15) is 11.2 Å². The SMILES string of the molecule is C[Si](C#CC1(O)CCCCC1)(C#CC1(O)CCCCC1)CCCI. The summed E-state index contributed by atoms with van der Waals surface area (Å²) >= 11 is 2.40. The van der Waals surface area contributed by atoms with Crippen molar-refractivity contribution in [3.8, 4) is 22.9 Å². The average Bonchev–Trinajstić information content (AvgIpc) is 2.58. The maximum absolute atomic E-state index is 10.7. The number of rotatable bonds is 3. The van der Waals surface area contributed by atoms with E-state index >= 15 is 0 Å². The van der Waals surface area contributed by atoms with Gasteiger partial charge >= 0.3 is 0 Å². The van der Waals surface area contributed by atoms with Gasteiger partial charge in [0.25, 0.3) is 0 Å². The van der Waals surface area contributed by atoms with Gasteiger partial charge in [-0.05, 0) is 74.8 Å². The third kappa shape index (κ3) is 6.37. The van der Waals surface area contributed by atoms with Crippen molar-refractivity contribution in [2.45, 2.75) is 94.4 Å². The molecule has 0 amide bonds. The molecule has 4 heteroatoms. The molecule has 0 aromatic heterocycles. The van der Waals surface area contributed by atoms with Crippen LogP contribution in [-0.2, 0) is 0 Å². The van der Waals surface area contributed by atoms with E-state index in [9.17, 15) is 10.2 Å². The van der Waals surface area contributed by atoms with Gasteiger partial charge in [-0.3, -0.25) is 0 Å². The van der Waals surface area contributed by atoms with Crippen LogP contribution in [0.1, 0.15) is 70.6 Å². The summed E-state index contributed by atoms with van der Waals surface area (Å²) in [5.41, 5.74) is 5.31. The van der Waals surface area contributed by atoms with E-state index in [0.29, 0.717) is 0 Å². The molecule has 0 saturated heterocycles. The third-order valence-electron chi connectivity index (χ3n) is 5.31. The van der Waals surface area contributed by atoms with Gasteiger partial charge < -0.3 is 10.2 Å². The quantitative estimate of drug-likeness (QED) is 0.286. The summed E-state index contributed by atoms with van der Waals surface area (Å²) in [6, 6.07) is 1.03. The van der Waals surface area contributed by atoms with Crippen molar-refractivity contribution in [1.82, 2.24) is 0 Å². The predicted molar refractivity (Wildman–Crippen MR) is 112 cm³/mol. The van der Waals surface area contributed by atoms with Crippen molar-refractivity contribution < 1.29 is 10.2 Å². The van der Waals surface area contributed by atoms with Crippen LogP contribution in [0.2, 0.25) is 12.6 Å². The summed E-state index contributed by atoms with van der Waals surface area (Å²) in [7, 11) is -2.08. The molecular formula is C20H31IO2Si. The second kappa shape index (κ2) is 9.08. The molecule has 134 valence electrons. The fourth-order valence-electron chi connectivity index (χ4n) is 3.61. The van der Waals surface area contributed by atoms with E-state index < -0.39 is 19.3 Å². The van der Waals surface area contributed by atoms with Crippen LogP contribution in [0.15, 0.2) is 0 Å². The van der Waals surface area contributed by atoms with Gasteiger partial charge in [0.15, 0.2) is 0 Å². The zero-order chi connectivity index (χ0) is 17.5. The molecule has 2 rings (SSSR count). The lowest BCUT2D eigenvalue weighted by Crippen LogP contribution is -2.34. The lowest BCUT2D eigenvalue weighted by atomic mass is 9.86. The lowest BCUT2D eigenvalue weighted by Gasteiger charge is -2.28. The monoisotopic (exact) mass is 458 g/mol. The van der Waals surface area contributed by atoms with E-state index in [4.69, 9.17) is 0 Å². The topological polar surface area (TPSA) is 40.5 Å². The van der Waals surface area contributed by atoms with Crippen LogP contribution in [0, 0.1) is 22.9 Å². The molecule has 0 aromatic rings. The first-order chi connectivity index (χ1) is 11.4. The molecule has 2 nitrogen and oxygen atoms in total. The van der Waals surface area contributed by atoms with E-state index in [1.807, 2.05) is 0 Å². The van der Waals surface area contributed by atoms with Crippen LogP contribution in [0.3, 0.4) is 0 Å². The maximum Gasteiger partial charge on any atom is 0.214 e. The van der Waals surface area contributed by atoms with Crippen molar-refractivity contribution in [2.75, 3.05) is 4.43 Å². The number of alkyl halides is 1. The highest BCUT2D eigenvalue weighted by Gasteiger charge is 2.31. The number of hydrogen-bond donors (Lipinski definition) is 2. The Kier molecular flexibility index (Phi) is 7.68. The van der Waals surface area contributed by atoms with Crippen molar-refractivity contribution in [3.63, 3.8) is 0 Å². The van der Waals surface area contributed by atoms with E-state index in [1.54, 1.807) is 0 Å². The first-order valence-corrected chi connectivity index (χ1v) is 13.7. The highest BCUT2D eigenvalue weighted by Crippen LogP contribution is 2.29. The van der Waals surface area contributed by atoms with Gasteiger partial charge in [0.2, 0.25) is 8.07 Å². The minimum absolute atomic E-state index is 0.791. The normalized spacial score (nSPS) is 22.7. The lowest BCUT2D eigenvalue weighted by molar-refractivity contribution is 0.0607. The smallest absolute Gasteiger partial charge is 0.214 e. The summed E-state index contributed by atoms with van der Waals surface area (Å²) in [6.07, 6.45) is 11.0. The van der Waals surface area contributed by atoms with Gasteiger partial charge in [-0.25, -0.2) is 0 Å². The van der Waals surface area contributed by atoms with Crippen molar-refractivity contribution >= 4 is 30.7 Å². The summed E-state index contributed by atoms with van der Waals surface area (Å²) < 4.78 is 1.11. The number of halogens is 1. The van der Waals surface area contributed by atoms with Gasteiger partial charge in [-0.2, -0.15) is 0 Å². The Balaban J connectivity index is 2.17. The fourth-order valence-corrected chi connectivity index (χ4v) is 6.92. The fraction of sp³-hybridized carbons (Fsp3) is 0.800. The molecule has 0 aromatic carbocycles.